The smallest absolute Gasteiger partial charge is 0.105 e. The largest absolute Gasteiger partial charge is 0.384 e. The molecule has 0 aromatic carbocycles. The lowest BCUT2D eigenvalue weighted by Crippen LogP contribution is -2.09. The molecule has 1 aliphatic rings. The van der Waals surface area contributed by atoms with Gasteiger partial charge >= 0.3 is 0 Å². The van der Waals surface area contributed by atoms with E-state index in [-0.39, 0.29) is 0 Å². The van der Waals surface area contributed by atoms with Crippen LogP contribution < -0.4 is 0 Å². The standard InChI is InChI=1S/C11H11ClN2O/c1-14-9-4-7(12)6-13-8(9)5-10(14)11(15)2-3-11/h4-6,15H,2-3H2,1H3. The Balaban J connectivity index is 2.29. The molecule has 3 rings (SSSR count). The van der Waals surface area contributed by atoms with Crippen LogP contribution in [0.5, 0.6) is 0 Å². The topological polar surface area (TPSA) is 38.0 Å². The Morgan fingerprint density at radius 2 is 2.20 bits per heavy atom. The molecular formula is C11H11ClN2O. The average Bonchev–Trinajstić information content (AvgIpc) is 2.86. The molecule has 1 aliphatic carbocycles. The van der Waals surface area contributed by atoms with E-state index < -0.39 is 5.60 Å². The van der Waals surface area contributed by atoms with Crippen LogP contribution in [0, 0.1) is 0 Å². The fourth-order valence-corrected chi connectivity index (χ4v) is 2.15. The van der Waals surface area contributed by atoms with Crippen molar-refractivity contribution in [3.63, 3.8) is 0 Å². The van der Waals surface area contributed by atoms with Crippen LogP contribution >= 0.6 is 11.6 Å². The fraction of sp³-hybridized carbons (Fsp3) is 0.364. The van der Waals surface area contributed by atoms with E-state index in [2.05, 4.69) is 4.98 Å². The Kier molecular flexibility index (Phi) is 1.68. The van der Waals surface area contributed by atoms with Crippen molar-refractivity contribution in [1.82, 2.24) is 9.55 Å². The number of aryl methyl sites for hydroxylation is 1. The minimum Gasteiger partial charge on any atom is -0.384 e. The number of hydrogen-bond acceptors (Lipinski definition) is 2. The summed E-state index contributed by atoms with van der Waals surface area (Å²) in [5.41, 5.74) is 2.17. The maximum atomic E-state index is 10.1. The van der Waals surface area contributed by atoms with Gasteiger partial charge in [0.15, 0.2) is 0 Å². The molecule has 1 N–H and O–H groups in total. The molecule has 0 radical (unpaired) electrons. The van der Waals surface area contributed by atoms with Gasteiger partial charge in [-0.2, -0.15) is 0 Å². The predicted molar refractivity (Wildman–Crippen MR) is 58.9 cm³/mol. The number of nitrogens with zero attached hydrogens (tertiary/aromatic N) is 2. The summed E-state index contributed by atoms with van der Waals surface area (Å²) in [5.74, 6) is 0. The molecule has 4 heteroatoms. The molecule has 0 aliphatic heterocycles. The summed E-state index contributed by atoms with van der Waals surface area (Å²) in [5, 5.41) is 10.7. The highest BCUT2D eigenvalue weighted by molar-refractivity contribution is 6.31. The van der Waals surface area contributed by atoms with E-state index in [9.17, 15) is 5.11 Å². The zero-order chi connectivity index (χ0) is 10.6. The lowest BCUT2D eigenvalue weighted by molar-refractivity contribution is 0.143. The number of aliphatic hydroxyl groups is 1. The maximum absolute atomic E-state index is 10.1. The van der Waals surface area contributed by atoms with Crippen LogP contribution in [0.2, 0.25) is 5.02 Å². The molecule has 3 nitrogen and oxygen atoms in total. The molecule has 0 unspecified atom stereocenters. The van der Waals surface area contributed by atoms with Gasteiger partial charge in [-0.05, 0) is 25.0 Å². The first-order valence-electron chi connectivity index (χ1n) is 4.94. The van der Waals surface area contributed by atoms with Gasteiger partial charge in [-0.25, -0.2) is 0 Å². The van der Waals surface area contributed by atoms with E-state index in [0.29, 0.717) is 5.02 Å². The minimum absolute atomic E-state index is 0.623. The highest BCUT2D eigenvalue weighted by atomic mass is 35.5. The molecule has 0 saturated heterocycles. The van der Waals surface area contributed by atoms with E-state index in [0.717, 1.165) is 29.6 Å². The number of rotatable bonds is 1. The highest BCUT2D eigenvalue weighted by Crippen LogP contribution is 2.46. The molecule has 0 spiro atoms. The monoisotopic (exact) mass is 222 g/mol. The molecule has 0 atom stereocenters. The molecule has 1 saturated carbocycles. The molecule has 2 aromatic rings. The van der Waals surface area contributed by atoms with Gasteiger partial charge in [0, 0.05) is 13.2 Å². The van der Waals surface area contributed by atoms with Crippen molar-refractivity contribution >= 4 is 22.6 Å². The first kappa shape index (κ1) is 9.19. The minimum atomic E-state index is -0.623. The molecular weight excluding hydrogens is 212 g/mol. The lowest BCUT2D eigenvalue weighted by atomic mass is 10.2. The predicted octanol–water partition coefficient (Wildman–Crippen LogP) is 2.21. The highest BCUT2D eigenvalue weighted by Gasteiger charge is 2.44. The Labute approximate surface area is 92.3 Å². The van der Waals surface area contributed by atoms with Gasteiger partial charge in [0.2, 0.25) is 0 Å². The third-order valence-electron chi connectivity index (χ3n) is 3.06. The molecule has 0 bridgehead atoms. The van der Waals surface area contributed by atoms with E-state index in [4.69, 9.17) is 11.6 Å². The third kappa shape index (κ3) is 1.27. The van der Waals surface area contributed by atoms with Gasteiger partial charge in [0.05, 0.1) is 21.7 Å². The fourth-order valence-electron chi connectivity index (χ4n) is 2.00. The molecule has 15 heavy (non-hydrogen) atoms. The van der Waals surface area contributed by atoms with Crippen LogP contribution in [0.15, 0.2) is 18.3 Å². The van der Waals surface area contributed by atoms with Crippen molar-refractivity contribution in [2.24, 2.45) is 7.05 Å². The Morgan fingerprint density at radius 3 is 2.87 bits per heavy atom. The summed E-state index contributed by atoms with van der Waals surface area (Å²) >= 11 is 5.89. The van der Waals surface area contributed by atoms with Crippen LogP contribution in [0.4, 0.5) is 0 Å². The number of fused-ring (bicyclic) bond motifs is 1. The summed E-state index contributed by atoms with van der Waals surface area (Å²) in [7, 11) is 1.94. The number of hydrogen-bond donors (Lipinski definition) is 1. The summed E-state index contributed by atoms with van der Waals surface area (Å²) in [6, 6.07) is 3.82. The zero-order valence-electron chi connectivity index (χ0n) is 8.37. The molecule has 2 aromatic heterocycles. The van der Waals surface area contributed by atoms with Crippen molar-refractivity contribution in [3.05, 3.63) is 29.0 Å². The second-order valence-electron chi connectivity index (χ2n) is 4.18. The van der Waals surface area contributed by atoms with Crippen molar-refractivity contribution in [2.45, 2.75) is 18.4 Å². The maximum Gasteiger partial charge on any atom is 0.105 e. The number of pyridine rings is 1. The van der Waals surface area contributed by atoms with Gasteiger partial charge in [0.1, 0.15) is 5.60 Å². The normalized spacial score (nSPS) is 18.3. The molecule has 78 valence electrons. The summed E-state index contributed by atoms with van der Waals surface area (Å²) < 4.78 is 1.97. The molecule has 2 heterocycles. The molecule has 1 fully saturated rings. The number of halogens is 1. The summed E-state index contributed by atoms with van der Waals surface area (Å²) in [6.07, 6.45) is 3.31. The molecule has 0 amide bonds. The SMILES string of the molecule is Cn1c(C2(O)CC2)cc2ncc(Cl)cc21. The van der Waals surface area contributed by atoms with Gasteiger partial charge in [0.25, 0.3) is 0 Å². The average molecular weight is 223 g/mol. The summed E-state index contributed by atoms with van der Waals surface area (Å²) in [6.45, 7) is 0. The summed E-state index contributed by atoms with van der Waals surface area (Å²) in [4.78, 5) is 4.24. The van der Waals surface area contributed by atoms with Gasteiger partial charge in [-0.15, -0.1) is 0 Å². The van der Waals surface area contributed by atoms with Crippen LogP contribution in [0.25, 0.3) is 11.0 Å². The van der Waals surface area contributed by atoms with E-state index >= 15 is 0 Å². The lowest BCUT2D eigenvalue weighted by Gasteiger charge is -2.08. The van der Waals surface area contributed by atoms with Crippen LogP contribution in [-0.4, -0.2) is 14.7 Å². The van der Waals surface area contributed by atoms with E-state index in [1.807, 2.05) is 23.7 Å². The van der Waals surface area contributed by atoms with E-state index in [1.54, 1.807) is 6.20 Å². The van der Waals surface area contributed by atoms with Crippen molar-refractivity contribution in [3.8, 4) is 0 Å². The van der Waals surface area contributed by atoms with Crippen LogP contribution in [-0.2, 0) is 12.6 Å². The third-order valence-corrected chi connectivity index (χ3v) is 3.27. The second-order valence-corrected chi connectivity index (χ2v) is 4.61. The van der Waals surface area contributed by atoms with Crippen LogP contribution in [0.3, 0.4) is 0 Å². The first-order valence-corrected chi connectivity index (χ1v) is 5.32. The number of aromatic nitrogens is 2. The quantitative estimate of drug-likeness (QED) is 0.804. The van der Waals surface area contributed by atoms with Crippen LogP contribution in [0.1, 0.15) is 18.5 Å². The van der Waals surface area contributed by atoms with Crippen molar-refractivity contribution in [1.29, 1.82) is 0 Å². The van der Waals surface area contributed by atoms with Gasteiger partial charge in [-0.1, -0.05) is 11.6 Å². The van der Waals surface area contributed by atoms with Crippen molar-refractivity contribution in [2.75, 3.05) is 0 Å². The van der Waals surface area contributed by atoms with Gasteiger partial charge < -0.3 is 9.67 Å². The Morgan fingerprint density at radius 1 is 1.47 bits per heavy atom. The van der Waals surface area contributed by atoms with Crippen molar-refractivity contribution < 1.29 is 5.11 Å². The van der Waals surface area contributed by atoms with Gasteiger partial charge in [-0.3, -0.25) is 4.98 Å². The van der Waals surface area contributed by atoms with E-state index in [1.165, 1.54) is 0 Å². The Hall–Kier alpha value is -1.06. The Bertz CT molecular complexity index is 543. The first-order chi connectivity index (χ1) is 7.10. The zero-order valence-corrected chi connectivity index (χ0v) is 9.12. The second kappa shape index (κ2) is 2.74.